The van der Waals surface area contributed by atoms with Crippen molar-refractivity contribution in [2.24, 2.45) is 22.7 Å². The molecule has 3 aromatic heterocycles. The largest absolute Gasteiger partial charge is 0.478 e. The van der Waals surface area contributed by atoms with Gasteiger partial charge in [0.2, 0.25) is 5.95 Å². The molecule has 16 nitrogen and oxygen atoms in total. The predicted octanol–water partition coefficient (Wildman–Crippen LogP) is 7.95. The Balaban J connectivity index is 1.89. The molecule has 0 saturated heterocycles. The second-order valence-electron chi connectivity index (χ2n) is 18.3. The summed E-state index contributed by atoms with van der Waals surface area (Å²) in [6.07, 6.45) is 1.70. The minimum Gasteiger partial charge on any atom is -0.478 e. The number of carbonyl (C=O) groups is 1. The zero-order chi connectivity index (χ0) is 46.1. The summed E-state index contributed by atoms with van der Waals surface area (Å²) in [5, 5.41) is 55.8. The summed E-state index contributed by atoms with van der Waals surface area (Å²) in [6, 6.07) is 13.6. The van der Waals surface area contributed by atoms with Crippen molar-refractivity contribution in [1.82, 2.24) is 40.7 Å². The number of hydrazine groups is 1. The van der Waals surface area contributed by atoms with Crippen LogP contribution in [0.4, 0.5) is 17.3 Å². The lowest BCUT2D eigenvalue weighted by Crippen LogP contribution is -2.88. The monoisotopic (exact) mass is 884 g/mol. The fourth-order valence-corrected chi connectivity index (χ4v) is 9.10. The summed E-state index contributed by atoms with van der Waals surface area (Å²) < 4.78 is 0. The number of benzene rings is 2. The van der Waals surface area contributed by atoms with Crippen molar-refractivity contribution in [1.29, 1.82) is 0 Å². The van der Waals surface area contributed by atoms with Gasteiger partial charge in [-0.1, -0.05) is 111 Å². The number of hydrogen-bond acceptors (Lipinski definition) is 12. The molecule has 0 radical (unpaired) electrons. The van der Waals surface area contributed by atoms with Gasteiger partial charge in [0, 0.05) is 12.1 Å². The summed E-state index contributed by atoms with van der Waals surface area (Å²) >= 11 is 6.74. The number of aliphatic hydroxyl groups excluding tert-OH is 2. The average Bonchev–Trinajstić information content (AvgIpc) is 3.86. The molecule has 6 rings (SSSR count). The third-order valence-electron chi connectivity index (χ3n) is 12.3. The standard InChI is InChI=1S/C46H65ClN12O4/c1-25(2)36(23-60)51-46(58(45(24-61,28(7)8)29(9)10)44-49-22-35-39(50-44)37(26(3)4)53-52-35)57(30(11)12)41-38(27(5)6)54-55-40(41)42(48-21-31-16-14-13-15-17-31)59(46)56-32-18-19-33(43(62)63)34(47)20-32/h13-20,22,25-30,36,51,56,60-61H,21,23-24H2,1-12H3,(H,52,53)(H,54,55)(H,62,63)/t36?,46-/m1/s1. The van der Waals surface area contributed by atoms with Crippen LogP contribution < -0.4 is 20.5 Å². The van der Waals surface area contributed by atoms with E-state index in [1.807, 2.05) is 49.2 Å². The van der Waals surface area contributed by atoms with Gasteiger partial charge >= 0.3 is 5.97 Å². The molecule has 2 atom stereocenters. The molecule has 7 N–H and O–H groups in total. The Bertz CT molecular complexity index is 2390. The van der Waals surface area contributed by atoms with E-state index in [0.717, 1.165) is 22.6 Å². The van der Waals surface area contributed by atoms with Crippen molar-refractivity contribution < 1.29 is 20.1 Å². The number of nitrogens with zero attached hydrogens (tertiary/aromatic N) is 8. The fraction of sp³-hybridized carbons (Fsp3) is 0.522. The zero-order valence-corrected chi connectivity index (χ0v) is 39.3. The Kier molecular flexibility index (Phi) is 14.1. The summed E-state index contributed by atoms with van der Waals surface area (Å²) in [7, 11) is 0. The van der Waals surface area contributed by atoms with Gasteiger partial charge in [-0.3, -0.25) is 30.8 Å². The number of carboxylic acid groups (broad SMARTS) is 1. The summed E-state index contributed by atoms with van der Waals surface area (Å²) in [4.78, 5) is 32.5. The number of halogens is 1. The van der Waals surface area contributed by atoms with E-state index in [9.17, 15) is 20.1 Å². The van der Waals surface area contributed by atoms with Crippen LogP contribution in [0.25, 0.3) is 11.0 Å². The first-order chi connectivity index (χ1) is 29.8. The maximum absolute atomic E-state index is 12.3. The van der Waals surface area contributed by atoms with Gasteiger partial charge in [0.05, 0.1) is 64.8 Å². The first-order valence-electron chi connectivity index (χ1n) is 21.9. The Morgan fingerprint density at radius 3 is 2.11 bits per heavy atom. The molecule has 340 valence electrons. The quantitative estimate of drug-likeness (QED) is 0.0418. The van der Waals surface area contributed by atoms with E-state index in [2.05, 4.69) is 105 Å². The molecule has 4 heterocycles. The van der Waals surface area contributed by atoms with Gasteiger partial charge in [-0.05, 0) is 67.2 Å². The molecule has 0 bridgehead atoms. The van der Waals surface area contributed by atoms with Gasteiger partial charge in [0.25, 0.3) is 5.91 Å². The topological polar surface area (TPSA) is 207 Å². The van der Waals surface area contributed by atoms with Gasteiger partial charge < -0.3 is 20.2 Å². The molecule has 2 aromatic carbocycles. The SMILES string of the molecule is CC(C)c1[nH]nc2c1N(C(C)C)[C@](NC(CO)C(C)C)(N(c1ncc3n[nH]c(C(C)C)c3n1)C(CO)(C(C)C)C(C)C)N(Nc1ccc(C(=O)O)c(Cl)c1)C2=NCc1ccccc1. The number of H-pyrrole nitrogens is 2. The first-order valence-corrected chi connectivity index (χ1v) is 22.3. The molecule has 0 fully saturated rings. The molecule has 17 heteroatoms. The van der Waals surface area contributed by atoms with E-state index >= 15 is 0 Å². The van der Waals surface area contributed by atoms with Crippen LogP contribution in [0, 0.1) is 17.8 Å². The zero-order valence-electron chi connectivity index (χ0n) is 38.6. The van der Waals surface area contributed by atoms with Gasteiger partial charge in [-0.25, -0.2) is 19.8 Å². The molecule has 0 aliphatic carbocycles. The fourth-order valence-electron chi connectivity index (χ4n) is 8.84. The van der Waals surface area contributed by atoms with Gasteiger partial charge in [-0.2, -0.15) is 10.2 Å². The second kappa shape index (κ2) is 18.8. The second-order valence-corrected chi connectivity index (χ2v) is 18.7. The molecular weight excluding hydrogens is 820 g/mol. The summed E-state index contributed by atoms with van der Waals surface area (Å²) in [5.74, 6) is -2.90. The lowest BCUT2D eigenvalue weighted by Gasteiger charge is -2.66. The number of aromatic amines is 2. The van der Waals surface area contributed by atoms with E-state index < -0.39 is 23.5 Å². The number of aromatic carboxylic acids is 1. The molecule has 63 heavy (non-hydrogen) atoms. The van der Waals surface area contributed by atoms with E-state index in [0.29, 0.717) is 28.3 Å². The number of aliphatic imine (C=N–C) groups is 1. The number of rotatable bonds is 18. The van der Waals surface area contributed by atoms with Crippen LogP contribution in [0.2, 0.25) is 5.02 Å². The molecule has 0 amide bonds. The van der Waals surface area contributed by atoms with Crippen LogP contribution in [0.15, 0.2) is 59.7 Å². The number of fused-ring (bicyclic) bond motifs is 2. The minimum absolute atomic E-state index is 0.0189. The Hall–Kier alpha value is -5.29. The van der Waals surface area contributed by atoms with Gasteiger partial charge in [-0.15, -0.1) is 0 Å². The molecule has 1 aliphatic heterocycles. The van der Waals surface area contributed by atoms with Crippen molar-refractivity contribution in [3.63, 3.8) is 0 Å². The smallest absolute Gasteiger partial charge is 0.337 e. The third kappa shape index (κ3) is 8.45. The van der Waals surface area contributed by atoms with Gasteiger partial charge in [0.15, 0.2) is 11.5 Å². The van der Waals surface area contributed by atoms with E-state index in [1.165, 1.54) is 6.07 Å². The Morgan fingerprint density at radius 1 is 0.921 bits per heavy atom. The lowest BCUT2D eigenvalue weighted by molar-refractivity contribution is 0.00401. The van der Waals surface area contributed by atoms with Crippen molar-refractivity contribution in [3.05, 3.63) is 88.0 Å². The number of aromatic nitrogens is 6. The van der Waals surface area contributed by atoms with E-state index in [-0.39, 0.29) is 71.9 Å². The molecule has 0 spiro atoms. The number of carboxylic acids is 1. The van der Waals surface area contributed by atoms with Crippen LogP contribution >= 0.6 is 11.6 Å². The van der Waals surface area contributed by atoms with Crippen LogP contribution in [0.1, 0.15) is 128 Å². The maximum atomic E-state index is 12.3. The highest BCUT2D eigenvalue weighted by molar-refractivity contribution is 6.33. The molecule has 0 saturated carbocycles. The average molecular weight is 886 g/mol. The maximum Gasteiger partial charge on any atom is 0.337 e. The van der Waals surface area contributed by atoms with E-state index in [1.54, 1.807) is 18.3 Å². The number of amidine groups is 1. The third-order valence-corrected chi connectivity index (χ3v) is 12.6. The highest BCUT2D eigenvalue weighted by Gasteiger charge is 2.64. The highest BCUT2D eigenvalue weighted by atomic mass is 35.5. The van der Waals surface area contributed by atoms with E-state index in [4.69, 9.17) is 31.7 Å². The summed E-state index contributed by atoms with van der Waals surface area (Å²) in [5.41, 5.74) is 8.00. The molecule has 5 aromatic rings. The number of hydrogen-bond donors (Lipinski definition) is 7. The highest BCUT2D eigenvalue weighted by Crippen LogP contribution is 2.49. The molecule has 1 unspecified atom stereocenters. The van der Waals surface area contributed by atoms with Crippen molar-refractivity contribution in [2.45, 2.75) is 125 Å². The molecule has 1 aliphatic rings. The van der Waals surface area contributed by atoms with Crippen LogP contribution in [-0.4, -0.2) is 99.2 Å². The van der Waals surface area contributed by atoms with Crippen molar-refractivity contribution in [3.8, 4) is 0 Å². The Morgan fingerprint density at radius 2 is 1.57 bits per heavy atom. The van der Waals surface area contributed by atoms with Gasteiger partial charge in [0.1, 0.15) is 11.0 Å². The Labute approximate surface area is 375 Å². The van der Waals surface area contributed by atoms with Crippen LogP contribution in [-0.2, 0) is 6.54 Å². The number of nitrogens with one attached hydrogen (secondary N) is 4. The number of aliphatic hydroxyl groups is 2. The first kappa shape index (κ1) is 47.2. The lowest BCUT2D eigenvalue weighted by atomic mass is 9.75. The molecular formula is C46H65ClN12O4. The van der Waals surface area contributed by atoms with Crippen LogP contribution in [0.3, 0.4) is 0 Å². The minimum atomic E-state index is -1.73. The van der Waals surface area contributed by atoms with Crippen molar-refractivity contribution in [2.75, 3.05) is 28.4 Å². The predicted molar refractivity (Wildman–Crippen MR) is 250 cm³/mol. The van der Waals surface area contributed by atoms with Crippen LogP contribution in [0.5, 0.6) is 0 Å². The number of anilines is 3. The normalized spacial score (nSPS) is 17.1. The summed E-state index contributed by atoms with van der Waals surface area (Å²) in [6.45, 7) is 24.6. The van der Waals surface area contributed by atoms with Crippen molar-refractivity contribution >= 4 is 51.8 Å².